The average molecular weight is 216 g/mol. The van der Waals surface area contributed by atoms with Gasteiger partial charge in [-0.2, -0.15) is 0 Å². The molecule has 4 N–H and O–H groups in total. The Kier molecular flexibility index (Phi) is 2.64. The molecular weight excluding hydrogens is 204 g/mol. The fourth-order valence-electron chi connectivity index (χ4n) is 1.50. The van der Waals surface area contributed by atoms with Gasteiger partial charge in [0.1, 0.15) is 5.01 Å². The third-order valence-electron chi connectivity index (χ3n) is 2.18. The second-order valence-electron chi connectivity index (χ2n) is 3.36. The van der Waals surface area contributed by atoms with E-state index in [9.17, 15) is 10.2 Å². The fourth-order valence-corrected chi connectivity index (χ4v) is 2.15. The lowest BCUT2D eigenvalue weighted by atomic mass is 10.3. The largest absolute Gasteiger partial charge is 0.389 e. The van der Waals surface area contributed by atoms with E-state index in [1.54, 1.807) is 0 Å². The molecule has 1 aromatic rings. The monoisotopic (exact) mass is 216 g/mol. The van der Waals surface area contributed by atoms with Gasteiger partial charge < -0.3 is 15.9 Å². The van der Waals surface area contributed by atoms with E-state index in [0.717, 1.165) is 5.01 Å². The minimum atomic E-state index is -0.653. The lowest BCUT2D eigenvalue weighted by Gasteiger charge is -2.11. The average Bonchev–Trinajstić information content (AvgIpc) is 2.62. The molecule has 0 amide bonds. The molecule has 2 rings (SSSR count). The van der Waals surface area contributed by atoms with E-state index in [2.05, 4.69) is 10.2 Å². The SMILES string of the molecule is Nc1nnc(CN2CC(O)C(O)C2)s1. The van der Waals surface area contributed by atoms with E-state index < -0.39 is 12.2 Å². The first-order valence-corrected chi connectivity index (χ1v) is 5.13. The quantitative estimate of drug-likeness (QED) is 0.566. The van der Waals surface area contributed by atoms with E-state index in [0.29, 0.717) is 24.8 Å². The second-order valence-corrected chi connectivity index (χ2v) is 4.46. The van der Waals surface area contributed by atoms with Crippen LogP contribution in [0.2, 0.25) is 0 Å². The Labute approximate surface area is 85.0 Å². The highest BCUT2D eigenvalue weighted by Gasteiger charge is 2.29. The molecular formula is C7H12N4O2S. The Morgan fingerprint density at radius 1 is 1.36 bits per heavy atom. The highest BCUT2D eigenvalue weighted by Crippen LogP contribution is 2.17. The van der Waals surface area contributed by atoms with Crippen molar-refractivity contribution in [2.45, 2.75) is 18.8 Å². The molecule has 1 saturated heterocycles. The number of hydrogen-bond acceptors (Lipinski definition) is 7. The molecule has 0 aromatic carbocycles. The summed E-state index contributed by atoms with van der Waals surface area (Å²) in [6, 6.07) is 0. The smallest absolute Gasteiger partial charge is 0.203 e. The molecule has 2 atom stereocenters. The van der Waals surface area contributed by atoms with Crippen molar-refractivity contribution in [1.82, 2.24) is 15.1 Å². The summed E-state index contributed by atoms with van der Waals surface area (Å²) in [6.45, 7) is 1.53. The van der Waals surface area contributed by atoms with Crippen LogP contribution in [-0.4, -0.2) is 50.6 Å². The van der Waals surface area contributed by atoms with Crippen LogP contribution in [0.5, 0.6) is 0 Å². The molecule has 0 spiro atoms. The van der Waals surface area contributed by atoms with Gasteiger partial charge in [-0.05, 0) is 0 Å². The van der Waals surface area contributed by atoms with Crippen molar-refractivity contribution in [3.63, 3.8) is 0 Å². The maximum atomic E-state index is 9.30. The Hall–Kier alpha value is -0.760. The number of aromatic nitrogens is 2. The van der Waals surface area contributed by atoms with Crippen LogP contribution in [0.4, 0.5) is 5.13 Å². The number of aliphatic hydroxyl groups is 2. The Morgan fingerprint density at radius 3 is 2.50 bits per heavy atom. The van der Waals surface area contributed by atoms with Gasteiger partial charge in [-0.15, -0.1) is 10.2 Å². The number of likely N-dealkylation sites (tertiary alicyclic amines) is 1. The first-order chi connectivity index (χ1) is 6.65. The van der Waals surface area contributed by atoms with Crippen molar-refractivity contribution in [3.8, 4) is 0 Å². The number of β-amino-alcohol motifs (C(OH)–C–C–N with tert-alkyl or cyclic N) is 2. The zero-order chi connectivity index (χ0) is 10.1. The molecule has 0 radical (unpaired) electrons. The van der Waals surface area contributed by atoms with Crippen LogP contribution in [-0.2, 0) is 6.54 Å². The van der Waals surface area contributed by atoms with E-state index >= 15 is 0 Å². The first kappa shape index (κ1) is 9.78. The maximum absolute atomic E-state index is 9.30. The molecule has 6 nitrogen and oxygen atoms in total. The number of rotatable bonds is 2. The van der Waals surface area contributed by atoms with E-state index in [1.807, 2.05) is 4.90 Å². The summed E-state index contributed by atoms with van der Waals surface area (Å²) < 4.78 is 0. The summed E-state index contributed by atoms with van der Waals surface area (Å²) in [6.07, 6.45) is -1.31. The van der Waals surface area contributed by atoms with Crippen LogP contribution < -0.4 is 5.73 Å². The van der Waals surface area contributed by atoms with Crippen molar-refractivity contribution in [2.75, 3.05) is 18.8 Å². The Balaban J connectivity index is 1.93. The maximum Gasteiger partial charge on any atom is 0.203 e. The standard InChI is InChI=1S/C7H12N4O2S/c8-7-10-9-6(14-7)3-11-1-4(12)5(13)2-11/h4-5,12-13H,1-3H2,(H2,8,10). The van der Waals surface area contributed by atoms with Crippen LogP contribution in [0.3, 0.4) is 0 Å². The predicted octanol–water partition coefficient (Wildman–Crippen LogP) is -1.34. The van der Waals surface area contributed by atoms with Crippen LogP contribution in [0.1, 0.15) is 5.01 Å². The summed E-state index contributed by atoms with van der Waals surface area (Å²) in [7, 11) is 0. The van der Waals surface area contributed by atoms with E-state index in [4.69, 9.17) is 5.73 Å². The highest BCUT2D eigenvalue weighted by molar-refractivity contribution is 7.15. The van der Waals surface area contributed by atoms with Gasteiger partial charge in [0.05, 0.1) is 18.8 Å². The number of anilines is 1. The first-order valence-electron chi connectivity index (χ1n) is 4.31. The predicted molar refractivity (Wildman–Crippen MR) is 51.6 cm³/mol. The van der Waals surface area contributed by atoms with Crippen LogP contribution in [0, 0.1) is 0 Å². The highest BCUT2D eigenvalue weighted by atomic mass is 32.1. The van der Waals surface area contributed by atoms with E-state index in [-0.39, 0.29) is 0 Å². The van der Waals surface area contributed by atoms with Gasteiger partial charge in [-0.3, -0.25) is 4.90 Å². The summed E-state index contributed by atoms with van der Waals surface area (Å²) in [5, 5.41) is 27.4. The molecule has 2 heterocycles. The molecule has 7 heteroatoms. The molecule has 1 aliphatic rings. The summed E-state index contributed by atoms with van der Waals surface area (Å²) >= 11 is 1.33. The topological polar surface area (TPSA) is 95.5 Å². The number of aliphatic hydroxyl groups excluding tert-OH is 2. The van der Waals surface area contributed by atoms with Crippen LogP contribution >= 0.6 is 11.3 Å². The van der Waals surface area contributed by atoms with Crippen LogP contribution in [0.25, 0.3) is 0 Å². The number of hydrogen-bond donors (Lipinski definition) is 3. The lowest BCUT2D eigenvalue weighted by molar-refractivity contribution is 0.0572. The summed E-state index contributed by atoms with van der Waals surface area (Å²) in [4.78, 5) is 1.93. The molecule has 1 fully saturated rings. The molecule has 1 aliphatic heterocycles. The van der Waals surface area contributed by atoms with Gasteiger partial charge in [0.15, 0.2) is 0 Å². The van der Waals surface area contributed by atoms with Crippen LogP contribution in [0.15, 0.2) is 0 Å². The van der Waals surface area contributed by atoms with Crippen molar-refractivity contribution in [1.29, 1.82) is 0 Å². The van der Waals surface area contributed by atoms with Gasteiger partial charge in [0, 0.05) is 13.1 Å². The zero-order valence-electron chi connectivity index (χ0n) is 7.50. The van der Waals surface area contributed by atoms with Crippen molar-refractivity contribution in [2.24, 2.45) is 0 Å². The van der Waals surface area contributed by atoms with Crippen molar-refractivity contribution in [3.05, 3.63) is 5.01 Å². The third-order valence-corrected chi connectivity index (χ3v) is 2.91. The number of nitrogen functional groups attached to an aromatic ring is 1. The molecule has 0 aliphatic carbocycles. The van der Waals surface area contributed by atoms with Gasteiger partial charge in [0.25, 0.3) is 0 Å². The minimum Gasteiger partial charge on any atom is -0.389 e. The summed E-state index contributed by atoms with van der Waals surface area (Å²) in [5.41, 5.74) is 5.44. The second kappa shape index (κ2) is 3.77. The number of nitrogens with two attached hydrogens (primary N) is 1. The molecule has 0 bridgehead atoms. The van der Waals surface area contributed by atoms with E-state index in [1.165, 1.54) is 11.3 Å². The molecule has 2 unspecified atom stereocenters. The van der Waals surface area contributed by atoms with Gasteiger partial charge in [-0.25, -0.2) is 0 Å². The fraction of sp³-hybridized carbons (Fsp3) is 0.714. The zero-order valence-corrected chi connectivity index (χ0v) is 8.31. The van der Waals surface area contributed by atoms with Crippen molar-refractivity contribution >= 4 is 16.5 Å². The molecule has 78 valence electrons. The van der Waals surface area contributed by atoms with Gasteiger partial charge in [-0.1, -0.05) is 11.3 Å². The normalized spacial score (nSPS) is 28.4. The molecule has 0 saturated carbocycles. The van der Waals surface area contributed by atoms with Gasteiger partial charge in [0.2, 0.25) is 5.13 Å². The summed E-state index contributed by atoms with van der Waals surface area (Å²) in [5.74, 6) is 0. The lowest BCUT2D eigenvalue weighted by Crippen LogP contribution is -2.22. The molecule has 1 aromatic heterocycles. The van der Waals surface area contributed by atoms with Gasteiger partial charge >= 0.3 is 0 Å². The minimum absolute atomic E-state index is 0.445. The van der Waals surface area contributed by atoms with Crippen molar-refractivity contribution < 1.29 is 10.2 Å². The Morgan fingerprint density at radius 2 is 2.00 bits per heavy atom. The number of nitrogens with zero attached hydrogens (tertiary/aromatic N) is 3. The molecule has 14 heavy (non-hydrogen) atoms. The Bertz CT molecular complexity index is 308. The third kappa shape index (κ3) is 2.01.